The Morgan fingerprint density at radius 1 is 1.21 bits per heavy atom. The van der Waals surface area contributed by atoms with Gasteiger partial charge in [-0.15, -0.1) is 0 Å². The minimum absolute atomic E-state index is 0.0465. The lowest BCUT2D eigenvalue weighted by Crippen LogP contribution is -2.29. The maximum atomic E-state index is 13.4. The minimum atomic E-state index is -0.246. The fraction of sp³-hybridized carbons (Fsp3) is 0.320. The van der Waals surface area contributed by atoms with Crippen molar-refractivity contribution in [2.24, 2.45) is 0 Å². The highest BCUT2D eigenvalue weighted by molar-refractivity contribution is 7.99. The number of anilines is 1. The van der Waals surface area contributed by atoms with Crippen molar-refractivity contribution in [1.82, 2.24) is 9.55 Å². The van der Waals surface area contributed by atoms with Gasteiger partial charge < -0.3 is 14.5 Å². The van der Waals surface area contributed by atoms with Gasteiger partial charge in [-0.05, 0) is 62.1 Å². The summed E-state index contributed by atoms with van der Waals surface area (Å²) in [6.07, 6.45) is 1.82. The Morgan fingerprint density at radius 2 is 2.00 bits per heavy atom. The molecular formula is C25H25N3O4S. The number of carbonyl (C=O) groups is 1. The van der Waals surface area contributed by atoms with Gasteiger partial charge in [0, 0.05) is 17.7 Å². The van der Waals surface area contributed by atoms with E-state index in [-0.39, 0.29) is 28.9 Å². The summed E-state index contributed by atoms with van der Waals surface area (Å²) in [5.41, 5.74) is 4.07. The Morgan fingerprint density at radius 3 is 2.76 bits per heavy atom. The van der Waals surface area contributed by atoms with Crippen molar-refractivity contribution >= 4 is 45.4 Å². The van der Waals surface area contributed by atoms with E-state index in [1.54, 1.807) is 4.57 Å². The van der Waals surface area contributed by atoms with Crippen LogP contribution in [0, 0.1) is 13.8 Å². The molecule has 0 saturated carbocycles. The average molecular weight is 464 g/mol. The van der Waals surface area contributed by atoms with Crippen LogP contribution in [0.2, 0.25) is 0 Å². The summed E-state index contributed by atoms with van der Waals surface area (Å²) in [4.78, 5) is 30.8. The molecule has 1 fully saturated rings. The summed E-state index contributed by atoms with van der Waals surface area (Å²) in [5.74, 6) is -0.0215. The molecule has 1 saturated heterocycles. The topological polar surface area (TPSA) is 86.4 Å². The molecule has 1 aliphatic rings. The zero-order valence-corrected chi connectivity index (χ0v) is 19.4. The highest BCUT2D eigenvalue weighted by Gasteiger charge is 2.23. The standard InChI is InChI=1S/C25H25N3O4S/c1-15-10-16(2)12-17(11-15)26-21(29)14-33-25-27-22-19-7-3-4-8-20(19)32-23(22)24(30)28(25)13-18-6-5-9-31-18/h3-4,7-8,10-12,18H,5-6,9,13-14H2,1-2H3,(H,26,29)/t18-/m1/s1. The van der Waals surface area contributed by atoms with E-state index in [4.69, 9.17) is 14.1 Å². The fourth-order valence-corrected chi connectivity index (χ4v) is 5.09. The Kier molecular flexibility index (Phi) is 5.95. The Bertz CT molecular complexity index is 1380. The van der Waals surface area contributed by atoms with Crippen molar-refractivity contribution in [3.05, 3.63) is 63.9 Å². The first-order chi connectivity index (χ1) is 16.0. The van der Waals surface area contributed by atoms with Gasteiger partial charge in [0.2, 0.25) is 11.5 Å². The number of furan rings is 1. The summed E-state index contributed by atoms with van der Waals surface area (Å²) >= 11 is 1.25. The molecule has 1 N–H and O–H groups in total. The number of aromatic nitrogens is 2. The number of benzene rings is 2. The number of rotatable bonds is 6. The van der Waals surface area contributed by atoms with Gasteiger partial charge in [-0.25, -0.2) is 4.98 Å². The minimum Gasteiger partial charge on any atom is -0.448 e. The fourth-order valence-electron chi connectivity index (χ4n) is 4.29. The number of carbonyl (C=O) groups excluding carboxylic acids is 1. The van der Waals surface area contributed by atoms with Crippen LogP contribution in [0.25, 0.3) is 22.1 Å². The number of hydrogen-bond acceptors (Lipinski definition) is 6. The van der Waals surface area contributed by atoms with Crippen LogP contribution in [0.1, 0.15) is 24.0 Å². The molecule has 0 radical (unpaired) electrons. The monoisotopic (exact) mass is 463 g/mol. The molecule has 1 aliphatic heterocycles. The van der Waals surface area contributed by atoms with Crippen LogP contribution in [0.5, 0.6) is 0 Å². The van der Waals surface area contributed by atoms with E-state index in [2.05, 4.69) is 11.4 Å². The second-order valence-corrected chi connectivity index (χ2v) is 9.38. The Balaban J connectivity index is 1.46. The second kappa shape index (κ2) is 9.03. The Labute approximate surface area is 195 Å². The zero-order valence-electron chi connectivity index (χ0n) is 18.6. The Hall–Kier alpha value is -3.10. The molecule has 0 spiro atoms. The van der Waals surface area contributed by atoms with Crippen molar-refractivity contribution in [2.75, 3.05) is 17.7 Å². The molecule has 3 heterocycles. The number of aryl methyl sites for hydroxylation is 2. The molecule has 0 unspecified atom stereocenters. The van der Waals surface area contributed by atoms with Gasteiger partial charge in [0.1, 0.15) is 11.1 Å². The number of ether oxygens (including phenoxy) is 1. The number of hydrogen-bond donors (Lipinski definition) is 1. The van der Waals surface area contributed by atoms with E-state index in [1.807, 2.05) is 50.2 Å². The van der Waals surface area contributed by atoms with E-state index < -0.39 is 0 Å². The van der Waals surface area contributed by atoms with Crippen molar-refractivity contribution in [2.45, 2.75) is 44.5 Å². The normalized spacial score (nSPS) is 16.0. The number of amides is 1. The van der Waals surface area contributed by atoms with E-state index in [0.717, 1.165) is 35.0 Å². The van der Waals surface area contributed by atoms with Crippen molar-refractivity contribution in [1.29, 1.82) is 0 Å². The summed E-state index contributed by atoms with van der Waals surface area (Å²) in [6, 6.07) is 13.4. The van der Waals surface area contributed by atoms with Crippen LogP contribution < -0.4 is 10.9 Å². The van der Waals surface area contributed by atoms with E-state index in [1.165, 1.54) is 11.8 Å². The van der Waals surface area contributed by atoms with E-state index >= 15 is 0 Å². The zero-order chi connectivity index (χ0) is 22.9. The van der Waals surface area contributed by atoms with Crippen LogP contribution in [0.3, 0.4) is 0 Å². The molecule has 5 rings (SSSR count). The number of para-hydroxylation sites is 1. The van der Waals surface area contributed by atoms with Gasteiger partial charge in [-0.2, -0.15) is 0 Å². The number of nitrogens with zero attached hydrogens (tertiary/aromatic N) is 2. The van der Waals surface area contributed by atoms with Gasteiger partial charge in [0.25, 0.3) is 5.56 Å². The molecule has 0 bridgehead atoms. The molecular weight excluding hydrogens is 438 g/mol. The van der Waals surface area contributed by atoms with Gasteiger partial charge in [-0.3, -0.25) is 14.2 Å². The van der Waals surface area contributed by atoms with Crippen LogP contribution >= 0.6 is 11.8 Å². The summed E-state index contributed by atoms with van der Waals surface area (Å²) < 4.78 is 13.2. The molecule has 1 amide bonds. The lowest BCUT2D eigenvalue weighted by molar-refractivity contribution is -0.113. The molecule has 0 aliphatic carbocycles. The number of nitrogens with one attached hydrogen (secondary N) is 1. The largest absolute Gasteiger partial charge is 0.448 e. The average Bonchev–Trinajstić information content (AvgIpc) is 3.42. The molecule has 170 valence electrons. The molecule has 2 aromatic heterocycles. The highest BCUT2D eigenvalue weighted by Crippen LogP contribution is 2.28. The molecule has 7 nitrogen and oxygen atoms in total. The summed E-state index contributed by atoms with van der Waals surface area (Å²) in [7, 11) is 0. The molecule has 33 heavy (non-hydrogen) atoms. The van der Waals surface area contributed by atoms with Crippen LogP contribution in [-0.2, 0) is 16.1 Å². The first kappa shape index (κ1) is 21.7. The first-order valence-electron chi connectivity index (χ1n) is 11.0. The van der Waals surface area contributed by atoms with Crippen LogP contribution in [0.15, 0.2) is 56.8 Å². The number of thioether (sulfide) groups is 1. The maximum Gasteiger partial charge on any atom is 0.297 e. The lowest BCUT2D eigenvalue weighted by Gasteiger charge is -2.15. The third-order valence-corrected chi connectivity index (χ3v) is 6.67. The predicted octanol–water partition coefficient (Wildman–Crippen LogP) is 4.67. The van der Waals surface area contributed by atoms with Crippen molar-refractivity contribution in [3.63, 3.8) is 0 Å². The molecule has 1 atom stereocenters. The van der Waals surface area contributed by atoms with Gasteiger partial charge in [-0.1, -0.05) is 30.0 Å². The molecule has 2 aromatic carbocycles. The number of fused-ring (bicyclic) bond motifs is 3. The summed E-state index contributed by atoms with van der Waals surface area (Å²) in [5, 5.41) is 4.22. The predicted molar refractivity (Wildman–Crippen MR) is 130 cm³/mol. The second-order valence-electron chi connectivity index (χ2n) is 8.43. The van der Waals surface area contributed by atoms with Crippen molar-refractivity contribution in [3.8, 4) is 0 Å². The van der Waals surface area contributed by atoms with Crippen LogP contribution in [0.4, 0.5) is 5.69 Å². The van der Waals surface area contributed by atoms with Gasteiger partial charge in [0.15, 0.2) is 5.16 Å². The lowest BCUT2D eigenvalue weighted by atomic mass is 10.1. The van der Waals surface area contributed by atoms with Crippen LogP contribution in [-0.4, -0.2) is 33.9 Å². The summed E-state index contributed by atoms with van der Waals surface area (Å²) in [6.45, 7) is 5.07. The highest BCUT2D eigenvalue weighted by atomic mass is 32.2. The molecule has 4 aromatic rings. The third-order valence-electron chi connectivity index (χ3n) is 5.70. The molecule has 8 heteroatoms. The van der Waals surface area contributed by atoms with E-state index in [9.17, 15) is 9.59 Å². The quantitative estimate of drug-likeness (QED) is 0.330. The SMILES string of the molecule is Cc1cc(C)cc(NC(=O)CSc2nc3c(oc4ccccc43)c(=O)n2C[C@H]2CCCO2)c1. The van der Waals surface area contributed by atoms with E-state index in [0.29, 0.717) is 29.4 Å². The first-order valence-corrected chi connectivity index (χ1v) is 12.0. The van der Waals surface area contributed by atoms with Crippen molar-refractivity contribution < 1.29 is 13.9 Å². The smallest absolute Gasteiger partial charge is 0.297 e. The van der Waals surface area contributed by atoms with Gasteiger partial charge in [0.05, 0.1) is 18.4 Å². The van der Waals surface area contributed by atoms with Gasteiger partial charge >= 0.3 is 0 Å². The third kappa shape index (κ3) is 4.54. The maximum absolute atomic E-state index is 13.4.